The van der Waals surface area contributed by atoms with Gasteiger partial charge in [-0.2, -0.15) is 0 Å². The average Bonchev–Trinajstić information content (AvgIpc) is 2.84. The fourth-order valence-electron chi connectivity index (χ4n) is 4.16. The number of nitrogens with zero attached hydrogens (tertiary/aromatic N) is 2. The summed E-state index contributed by atoms with van der Waals surface area (Å²) in [7, 11) is 0. The van der Waals surface area contributed by atoms with E-state index in [0.29, 0.717) is 13.2 Å². The van der Waals surface area contributed by atoms with Gasteiger partial charge < -0.3 is 9.84 Å². The van der Waals surface area contributed by atoms with Gasteiger partial charge in [0.25, 0.3) is 0 Å². The van der Waals surface area contributed by atoms with Crippen LogP contribution in [0.25, 0.3) is 0 Å². The minimum absolute atomic E-state index is 0.0373. The monoisotopic (exact) mass is 416 g/mol. The summed E-state index contributed by atoms with van der Waals surface area (Å²) >= 11 is 0. The largest absolute Gasteiger partial charge is 0.387 e. The van der Waals surface area contributed by atoms with Crippen LogP contribution in [0.3, 0.4) is 0 Å². The number of ether oxygens (including phenoxy) is 1. The zero-order chi connectivity index (χ0) is 21.3. The molecule has 0 radical (unpaired) electrons. The van der Waals surface area contributed by atoms with Crippen molar-refractivity contribution in [3.8, 4) is 0 Å². The summed E-state index contributed by atoms with van der Waals surface area (Å²) in [5.74, 6) is 0. The predicted octanol–water partition coefficient (Wildman–Crippen LogP) is 4.14. The number of piperazine rings is 1. The lowest BCUT2D eigenvalue weighted by atomic mass is 10.0. The summed E-state index contributed by atoms with van der Waals surface area (Å²) < 4.78 is 6.37. The molecule has 1 atom stereocenters. The number of β-amino-alcohol motifs (C(OH)–C–C–N with tert-alkyl or cyclic N) is 1. The minimum Gasteiger partial charge on any atom is -0.387 e. The summed E-state index contributed by atoms with van der Waals surface area (Å²) in [5.41, 5.74) is 3.37. The second-order valence-corrected chi connectivity index (χ2v) is 8.14. The van der Waals surface area contributed by atoms with E-state index in [9.17, 15) is 5.11 Å². The van der Waals surface area contributed by atoms with Gasteiger partial charge in [-0.15, -0.1) is 0 Å². The van der Waals surface area contributed by atoms with E-state index in [0.717, 1.165) is 38.3 Å². The Bertz CT molecular complexity index is 841. The maximum Gasteiger partial charge on any atom is 0.108 e. The highest BCUT2D eigenvalue weighted by Crippen LogP contribution is 2.25. The summed E-state index contributed by atoms with van der Waals surface area (Å²) in [5, 5.41) is 10.5. The summed E-state index contributed by atoms with van der Waals surface area (Å²) in [6.07, 6.45) is -0.460. The molecule has 3 aromatic rings. The lowest BCUT2D eigenvalue weighted by Crippen LogP contribution is -2.48. The van der Waals surface area contributed by atoms with Crippen molar-refractivity contribution < 1.29 is 9.84 Å². The molecule has 31 heavy (non-hydrogen) atoms. The van der Waals surface area contributed by atoms with Gasteiger partial charge in [-0.25, -0.2) is 0 Å². The van der Waals surface area contributed by atoms with Gasteiger partial charge >= 0.3 is 0 Å². The van der Waals surface area contributed by atoms with Crippen LogP contribution in [0.2, 0.25) is 0 Å². The van der Waals surface area contributed by atoms with E-state index in [4.69, 9.17) is 4.74 Å². The maximum atomic E-state index is 10.5. The van der Waals surface area contributed by atoms with Crippen molar-refractivity contribution in [1.82, 2.24) is 9.80 Å². The second kappa shape index (κ2) is 11.2. The van der Waals surface area contributed by atoms with Crippen LogP contribution in [0.4, 0.5) is 0 Å². The van der Waals surface area contributed by atoms with E-state index in [2.05, 4.69) is 58.3 Å². The molecule has 0 aliphatic carbocycles. The first-order valence-electron chi connectivity index (χ1n) is 11.2. The molecule has 1 saturated heterocycles. The Kier molecular flexibility index (Phi) is 7.86. The lowest BCUT2D eigenvalue weighted by Gasteiger charge is -2.35. The van der Waals surface area contributed by atoms with Gasteiger partial charge in [0.1, 0.15) is 6.10 Å². The van der Waals surface area contributed by atoms with Crippen LogP contribution < -0.4 is 0 Å². The Balaban J connectivity index is 1.24. The topological polar surface area (TPSA) is 35.9 Å². The maximum absolute atomic E-state index is 10.5. The van der Waals surface area contributed by atoms with Gasteiger partial charge in [0.2, 0.25) is 0 Å². The molecule has 0 bridgehead atoms. The van der Waals surface area contributed by atoms with Crippen molar-refractivity contribution in [2.24, 2.45) is 0 Å². The van der Waals surface area contributed by atoms with Gasteiger partial charge in [0, 0.05) is 39.3 Å². The number of aliphatic hydroxyl groups excluding tert-OH is 1. The first kappa shape index (κ1) is 21.7. The highest BCUT2D eigenvalue weighted by Gasteiger charge is 2.20. The van der Waals surface area contributed by atoms with Gasteiger partial charge in [0.05, 0.1) is 12.7 Å². The van der Waals surface area contributed by atoms with Crippen LogP contribution in [0.5, 0.6) is 0 Å². The molecule has 1 aliphatic heterocycles. The molecule has 1 heterocycles. The van der Waals surface area contributed by atoms with Crippen LogP contribution in [-0.4, -0.2) is 60.8 Å². The Morgan fingerprint density at radius 3 is 1.61 bits per heavy atom. The highest BCUT2D eigenvalue weighted by molar-refractivity contribution is 5.29. The highest BCUT2D eigenvalue weighted by atomic mass is 16.5. The van der Waals surface area contributed by atoms with E-state index >= 15 is 0 Å². The minimum atomic E-state index is -0.423. The molecular formula is C27H32N2O2. The SMILES string of the molecule is O[C@@H](CN1CCN(CCOC(c2ccccc2)c2ccccc2)CC1)c1ccccc1. The number of hydrogen-bond acceptors (Lipinski definition) is 4. The molecule has 1 fully saturated rings. The molecule has 4 heteroatoms. The van der Waals surface area contributed by atoms with Gasteiger partial charge in [-0.3, -0.25) is 9.80 Å². The van der Waals surface area contributed by atoms with E-state index < -0.39 is 6.10 Å². The molecule has 162 valence electrons. The molecule has 0 amide bonds. The zero-order valence-electron chi connectivity index (χ0n) is 18.0. The van der Waals surface area contributed by atoms with Crippen LogP contribution >= 0.6 is 0 Å². The third kappa shape index (κ3) is 6.25. The number of rotatable bonds is 9. The van der Waals surface area contributed by atoms with Crippen molar-refractivity contribution in [2.75, 3.05) is 45.9 Å². The zero-order valence-corrected chi connectivity index (χ0v) is 18.0. The van der Waals surface area contributed by atoms with Crippen molar-refractivity contribution in [3.63, 3.8) is 0 Å². The number of aliphatic hydroxyl groups is 1. The summed E-state index contributed by atoms with van der Waals surface area (Å²) in [4.78, 5) is 4.81. The molecule has 1 N–H and O–H groups in total. The van der Waals surface area contributed by atoms with Gasteiger partial charge in [-0.05, 0) is 16.7 Å². The van der Waals surface area contributed by atoms with E-state index in [1.165, 1.54) is 11.1 Å². The van der Waals surface area contributed by atoms with E-state index in [-0.39, 0.29) is 6.10 Å². The van der Waals surface area contributed by atoms with Crippen LogP contribution in [0.1, 0.15) is 28.9 Å². The molecule has 3 aromatic carbocycles. The molecule has 0 aromatic heterocycles. The third-order valence-corrected chi connectivity index (χ3v) is 5.98. The smallest absolute Gasteiger partial charge is 0.108 e. The summed E-state index contributed by atoms with van der Waals surface area (Å²) in [6.45, 7) is 6.28. The van der Waals surface area contributed by atoms with Crippen molar-refractivity contribution >= 4 is 0 Å². The Morgan fingerprint density at radius 1 is 0.645 bits per heavy atom. The van der Waals surface area contributed by atoms with Crippen LogP contribution in [-0.2, 0) is 4.74 Å². The molecular weight excluding hydrogens is 384 g/mol. The normalized spacial score (nSPS) is 16.5. The quantitative estimate of drug-likeness (QED) is 0.569. The first-order valence-corrected chi connectivity index (χ1v) is 11.2. The fraction of sp³-hybridized carbons (Fsp3) is 0.333. The average molecular weight is 417 g/mol. The molecule has 0 spiro atoms. The van der Waals surface area contributed by atoms with E-state index in [1.807, 2.05) is 42.5 Å². The molecule has 0 saturated carbocycles. The predicted molar refractivity (Wildman–Crippen MR) is 125 cm³/mol. The van der Waals surface area contributed by atoms with Crippen molar-refractivity contribution in [1.29, 1.82) is 0 Å². The molecule has 0 unspecified atom stereocenters. The van der Waals surface area contributed by atoms with E-state index in [1.54, 1.807) is 0 Å². The summed E-state index contributed by atoms with van der Waals surface area (Å²) in [6, 6.07) is 30.8. The Morgan fingerprint density at radius 2 is 1.10 bits per heavy atom. The molecule has 1 aliphatic rings. The molecule has 4 nitrogen and oxygen atoms in total. The third-order valence-electron chi connectivity index (χ3n) is 5.98. The van der Waals surface area contributed by atoms with Crippen molar-refractivity contribution in [3.05, 3.63) is 108 Å². The Labute approximate surface area is 185 Å². The fourth-order valence-corrected chi connectivity index (χ4v) is 4.16. The number of hydrogen-bond donors (Lipinski definition) is 1. The van der Waals surface area contributed by atoms with Crippen molar-refractivity contribution in [2.45, 2.75) is 12.2 Å². The standard InChI is InChI=1S/C27H32N2O2/c30-26(23-10-4-1-5-11-23)22-29-18-16-28(17-19-29)20-21-31-27(24-12-6-2-7-13-24)25-14-8-3-9-15-25/h1-15,26-27,30H,16-22H2/t26-/m0/s1. The van der Waals surface area contributed by atoms with Crippen LogP contribution in [0, 0.1) is 0 Å². The number of benzene rings is 3. The Hall–Kier alpha value is -2.50. The van der Waals surface area contributed by atoms with Crippen LogP contribution in [0.15, 0.2) is 91.0 Å². The van der Waals surface area contributed by atoms with Gasteiger partial charge in [-0.1, -0.05) is 91.0 Å². The van der Waals surface area contributed by atoms with Gasteiger partial charge in [0.15, 0.2) is 0 Å². The lowest BCUT2D eigenvalue weighted by molar-refractivity contribution is 0.0351. The second-order valence-electron chi connectivity index (χ2n) is 8.14. The molecule has 4 rings (SSSR count). The first-order chi connectivity index (χ1) is 15.3.